The van der Waals surface area contributed by atoms with Gasteiger partial charge in [0.2, 0.25) is 0 Å². The van der Waals surface area contributed by atoms with Crippen molar-refractivity contribution < 1.29 is 9.18 Å². The van der Waals surface area contributed by atoms with Crippen molar-refractivity contribution in [3.8, 4) is 0 Å². The standard InChI is InChI=1S/C21H20BrFN2O/c1-13(14-6-4-7-15(22)10-14)17-8-5-9-24-20(17)25-18-11-16(26)12-21(2,3)19(18)23/h4-11,19H,1,12H2,2-3H3,(H,24,25). The third-order valence-corrected chi connectivity index (χ3v) is 4.97. The number of nitrogens with zero attached hydrogens (tertiary/aromatic N) is 1. The quantitative estimate of drug-likeness (QED) is 0.713. The molecule has 5 heteroatoms. The first-order valence-electron chi connectivity index (χ1n) is 8.34. The Morgan fingerprint density at radius 3 is 2.85 bits per heavy atom. The van der Waals surface area contributed by atoms with E-state index in [4.69, 9.17) is 0 Å². The molecule has 1 unspecified atom stereocenters. The van der Waals surface area contributed by atoms with Gasteiger partial charge in [-0.1, -0.05) is 48.5 Å². The highest BCUT2D eigenvalue weighted by Gasteiger charge is 2.38. The van der Waals surface area contributed by atoms with Crippen LogP contribution in [0.5, 0.6) is 0 Å². The van der Waals surface area contributed by atoms with E-state index in [1.165, 1.54) is 6.08 Å². The zero-order valence-corrected chi connectivity index (χ0v) is 16.3. The van der Waals surface area contributed by atoms with Gasteiger partial charge in [0.05, 0.1) is 5.70 Å². The molecule has 0 bridgehead atoms. The van der Waals surface area contributed by atoms with Crippen molar-refractivity contribution in [1.82, 2.24) is 4.98 Å². The van der Waals surface area contributed by atoms with E-state index in [0.717, 1.165) is 21.2 Å². The highest BCUT2D eigenvalue weighted by atomic mass is 79.9. The lowest BCUT2D eigenvalue weighted by Gasteiger charge is -2.33. The van der Waals surface area contributed by atoms with Crippen molar-refractivity contribution in [1.29, 1.82) is 0 Å². The van der Waals surface area contributed by atoms with Gasteiger partial charge in [-0.05, 0) is 35.4 Å². The summed E-state index contributed by atoms with van der Waals surface area (Å²) >= 11 is 3.46. The number of rotatable bonds is 4. The Morgan fingerprint density at radius 2 is 2.12 bits per heavy atom. The lowest BCUT2D eigenvalue weighted by atomic mass is 9.77. The Kier molecular flexibility index (Phi) is 5.10. The number of carbonyl (C=O) groups excluding carboxylic acids is 1. The van der Waals surface area contributed by atoms with Crippen LogP contribution in [0.15, 0.2) is 65.4 Å². The lowest BCUT2D eigenvalue weighted by Crippen LogP contribution is -2.36. The van der Waals surface area contributed by atoms with Gasteiger partial charge in [-0.2, -0.15) is 0 Å². The van der Waals surface area contributed by atoms with Crippen molar-refractivity contribution in [2.45, 2.75) is 26.4 Å². The molecule has 3 rings (SSSR count). The number of allylic oxidation sites excluding steroid dienone is 2. The van der Waals surface area contributed by atoms with Crippen LogP contribution in [0, 0.1) is 5.41 Å². The average molecular weight is 415 g/mol. The van der Waals surface area contributed by atoms with Crippen LogP contribution in [0.25, 0.3) is 5.57 Å². The molecular formula is C21H20BrFN2O. The van der Waals surface area contributed by atoms with E-state index < -0.39 is 11.6 Å². The number of nitrogens with one attached hydrogen (secondary N) is 1. The predicted octanol–water partition coefficient (Wildman–Crippen LogP) is 5.54. The second-order valence-electron chi connectivity index (χ2n) is 7.11. The Morgan fingerprint density at radius 1 is 1.35 bits per heavy atom. The Hall–Kier alpha value is -2.27. The summed E-state index contributed by atoms with van der Waals surface area (Å²) in [6.07, 6.45) is 1.90. The first-order valence-corrected chi connectivity index (χ1v) is 9.13. The second-order valence-corrected chi connectivity index (χ2v) is 8.02. The third kappa shape index (κ3) is 3.78. The van der Waals surface area contributed by atoms with Crippen molar-refractivity contribution in [2.24, 2.45) is 5.41 Å². The van der Waals surface area contributed by atoms with Gasteiger partial charge in [0.25, 0.3) is 0 Å². The summed E-state index contributed by atoms with van der Waals surface area (Å²) in [6.45, 7) is 7.68. The van der Waals surface area contributed by atoms with E-state index in [1.807, 2.05) is 30.3 Å². The van der Waals surface area contributed by atoms with Gasteiger partial charge in [-0.3, -0.25) is 4.79 Å². The van der Waals surface area contributed by atoms with E-state index in [0.29, 0.717) is 5.82 Å². The van der Waals surface area contributed by atoms with Gasteiger partial charge in [0.15, 0.2) is 5.78 Å². The minimum absolute atomic E-state index is 0.0882. The number of carbonyl (C=O) groups is 1. The van der Waals surface area contributed by atoms with Gasteiger partial charge >= 0.3 is 0 Å². The van der Waals surface area contributed by atoms with Crippen LogP contribution < -0.4 is 5.32 Å². The summed E-state index contributed by atoms with van der Waals surface area (Å²) in [5.41, 5.74) is 1.95. The van der Waals surface area contributed by atoms with E-state index in [9.17, 15) is 9.18 Å². The normalized spacial score (nSPS) is 19.0. The third-order valence-electron chi connectivity index (χ3n) is 4.47. The minimum Gasteiger partial charge on any atom is -0.341 e. The Bertz CT molecular complexity index is 904. The maximum atomic E-state index is 14.9. The summed E-state index contributed by atoms with van der Waals surface area (Å²) in [4.78, 5) is 16.3. The topological polar surface area (TPSA) is 42.0 Å². The molecule has 0 radical (unpaired) electrons. The summed E-state index contributed by atoms with van der Waals surface area (Å²) in [5.74, 6) is 0.395. The van der Waals surface area contributed by atoms with Gasteiger partial charge in [-0.15, -0.1) is 0 Å². The van der Waals surface area contributed by atoms with E-state index in [-0.39, 0.29) is 17.9 Å². The molecule has 1 aromatic carbocycles. The van der Waals surface area contributed by atoms with Gasteiger partial charge < -0.3 is 5.32 Å². The molecule has 3 nitrogen and oxygen atoms in total. The molecule has 0 aliphatic heterocycles. The summed E-state index contributed by atoms with van der Waals surface area (Å²) < 4.78 is 15.8. The fraction of sp³-hybridized carbons (Fsp3) is 0.238. The van der Waals surface area contributed by atoms with E-state index >= 15 is 0 Å². The first kappa shape index (κ1) is 18.5. The molecule has 1 aliphatic carbocycles. The second kappa shape index (κ2) is 7.16. The lowest BCUT2D eigenvalue weighted by molar-refractivity contribution is -0.118. The number of ketones is 1. The molecule has 0 saturated heterocycles. The van der Waals surface area contributed by atoms with Crippen LogP contribution in [0.1, 0.15) is 31.4 Å². The van der Waals surface area contributed by atoms with Crippen LogP contribution in [0.4, 0.5) is 10.2 Å². The van der Waals surface area contributed by atoms with Gasteiger partial charge in [0, 0.05) is 34.1 Å². The summed E-state index contributed by atoms with van der Waals surface area (Å²) in [5, 5.41) is 3.03. The molecule has 0 amide bonds. The van der Waals surface area contributed by atoms with Crippen molar-refractivity contribution in [3.05, 3.63) is 76.5 Å². The first-order chi connectivity index (χ1) is 12.3. The molecule has 1 aromatic heterocycles. The number of benzene rings is 1. The maximum Gasteiger partial charge on any atom is 0.158 e. The van der Waals surface area contributed by atoms with Gasteiger partial charge in [-0.25, -0.2) is 9.37 Å². The highest BCUT2D eigenvalue weighted by molar-refractivity contribution is 9.10. The van der Waals surface area contributed by atoms with E-state index in [2.05, 4.69) is 32.8 Å². The van der Waals surface area contributed by atoms with Crippen LogP contribution in [-0.4, -0.2) is 16.9 Å². The number of anilines is 1. The molecular weight excluding hydrogens is 395 g/mol. The molecule has 26 heavy (non-hydrogen) atoms. The Balaban J connectivity index is 1.95. The highest BCUT2D eigenvalue weighted by Crippen LogP contribution is 2.38. The molecule has 1 aliphatic rings. The monoisotopic (exact) mass is 414 g/mol. The number of hydrogen-bond acceptors (Lipinski definition) is 3. The smallest absolute Gasteiger partial charge is 0.158 e. The molecule has 1 heterocycles. The number of hydrogen-bond donors (Lipinski definition) is 1. The van der Waals surface area contributed by atoms with Crippen molar-refractivity contribution in [2.75, 3.05) is 5.32 Å². The van der Waals surface area contributed by atoms with Crippen molar-refractivity contribution in [3.63, 3.8) is 0 Å². The zero-order chi connectivity index (χ0) is 18.9. The molecule has 1 atom stereocenters. The zero-order valence-electron chi connectivity index (χ0n) is 14.7. The summed E-state index contributed by atoms with van der Waals surface area (Å²) in [7, 11) is 0. The number of pyridine rings is 1. The summed E-state index contributed by atoms with van der Waals surface area (Å²) in [6, 6.07) is 11.5. The fourth-order valence-corrected chi connectivity index (χ4v) is 3.47. The van der Waals surface area contributed by atoms with Crippen LogP contribution in [-0.2, 0) is 4.79 Å². The molecule has 2 aromatic rings. The number of halogens is 2. The van der Waals surface area contributed by atoms with Crippen molar-refractivity contribution >= 4 is 33.1 Å². The number of aromatic nitrogens is 1. The molecule has 1 N–H and O–H groups in total. The fourth-order valence-electron chi connectivity index (χ4n) is 3.07. The van der Waals surface area contributed by atoms with Crippen LogP contribution in [0.2, 0.25) is 0 Å². The average Bonchev–Trinajstić information content (AvgIpc) is 2.59. The maximum absolute atomic E-state index is 14.9. The largest absolute Gasteiger partial charge is 0.341 e. The molecule has 134 valence electrons. The van der Waals surface area contributed by atoms with Crippen LogP contribution >= 0.6 is 15.9 Å². The predicted molar refractivity (Wildman–Crippen MR) is 107 cm³/mol. The van der Waals surface area contributed by atoms with Crippen LogP contribution in [0.3, 0.4) is 0 Å². The van der Waals surface area contributed by atoms with E-state index in [1.54, 1.807) is 26.1 Å². The molecule has 0 spiro atoms. The molecule has 0 fully saturated rings. The molecule has 0 saturated carbocycles. The SMILES string of the molecule is C=C(c1cccc(Br)c1)c1cccnc1NC1=CC(=O)CC(C)(C)C1F. The minimum atomic E-state index is -1.27. The Labute approximate surface area is 161 Å². The number of alkyl halides is 1. The van der Waals surface area contributed by atoms with Gasteiger partial charge in [0.1, 0.15) is 12.0 Å².